The molecule has 0 radical (unpaired) electrons. The quantitative estimate of drug-likeness (QED) is 0.665. The number of pyridine rings is 1. The molecule has 0 aliphatic rings. The van der Waals surface area contributed by atoms with Crippen LogP contribution >= 0.6 is 27.5 Å². The first-order valence-corrected chi connectivity index (χ1v) is 5.72. The second-order valence-electron chi connectivity index (χ2n) is 2.74. The average Bonchev–Trinajstić information content (AvgIpc) is 2.14. The van der Waals surface area contributed by atoms with E-state index in [9.17, 15) is 0 Å². The summed E-state index contributed by atoms with van der Waals surface area (Å²) in [6, 6.07) is 3.85. The average molecular weight is 264 g/mol. The van der Waals surface area contributed by atoms with E-state index in [1.807, 2.05) is 12.1 Å². The zero-order valence-corrected chi connectivity index (χ0v) is 9.82. The Morgan fingerprint density at radius 3 is 2.92 bits per heavy atom. The van der Waals surface area contributed by atoms with Crippen molar-refractivity contribution in [2.45, 2.75) is 18.7 Å². The van der Waals surface area contributed by atoms with Crippen LogP contribution in [0, 0.1) is 0 Å². The van der Waals surface area contributed by atoms with Gasteiger partial charge in [0.25, 0.3) is 0 Å². The monoisotopic (exact) mass is 262 g/mol. The smallest absolute Gasteiger partial charge is 0.131 e. The van der Waals surface area contributed by atoms with Gasteiger partial charge in [0.15, 0.2) is 0 Å². The van der Waals surface area contributed by atoms with E-state index < -0.39 is 0 Å². The van der Waals surface area contributed by atoms with Crippen LogP contribution in [-0.4, -0.2) is 11.5 Å². The van der Waals surface area contributed by atoms with Crippen LogP contribution < -0.4 is 5.32 Å². The number of alkyl halides is 1. The molecule has 0 spiro atoms. The maximum absolute atomic E-state index is 5.84. The Labute approximate surface area is 91.8 Å². The first-order valence-electron chi connectivity index (χ1n) is 4.22. The van der Waals surface area contributed by atoms with Crippen molar-refractivity contribution in [2.75, 3.05) is 11.9 Å². The van der Waals surface area contributed by atoms with Crippen molar-refractivity contribution in [1.29, 1.82) is 0 Å². The van der Waals surface area contributed by atoms with E-state index in [1.54, 1.807) is 0 Å². The molecule has 0 bridgehead atoms. The summed E-state index contributed by atoms with van der Waals surface area (Å²) in [4.78, 5) is 4.15. The number of nitrogens with zero attached hydrogens (tertiary/aromatic N) is 1. The van der Waals surface area contributed by atoms with Gasteiger partial charge < -0.3 is 5.32 Å². The van der Waals surface area contributed by atoms with Gasteiger partial charge in [-0.05, 0) is 24.1 Å². The first-order chi connectivity index (χ1) is 6.26. The van der Waals surface area contributed by atoms with Crippen molar-refractivity contribution >= 4 is 33.3 Å². The Hall–Kier alpha value is -0.280. The number of anilines is 1. The van der Waals surface area contributed by atoms with Crippen molar-refractivity contribution in [3.63, 3.8) is 0 Å². The molecule has 0 saturated heterocycles. The molecule has 0 atom stereocenters. The van der Waals surface area contributed by atoms with Gasteiger partial charge in [0.1, 0.15) is 11.0 Å². The Bertz CT molecular complexity index is 278. The molecule has 4 heteroatoms. The third-order valence-corrected chi connectivity index (χ3v) is 2.41. The van der Waals surface area contributed by atoms with Gasteiger partial charge in [0.2, 0.25) is 0 Å². The zero-order chi connectivity index (χ0) is 9.68. The molecular formula is C9H12BrClN2. The summed E-state index contributed by atoms with van der Waals surface area (Å²) in [5, 5.41) is 4.53. The highest BCUT2D eigenvalue weighted by atomic mass is 79.9. The predicted octanol–water partition coefficient (Wildman–Crippen LogP) is 3.45. The summed E-state index contributed by atoms with van der Waals surface area (Å²) in [7, 11) is 0. The molecule has 1 aromatic heterocycles. The lowest BCUT2D eigenvalue weighted by Gasteiger charge is -2.05. The highest BCUT2D eigenvalue weighted by Gasteiger charge is 1.99. The van der Waals surface area contributed by atoms with Crippen molar-refractivity contribution in [3.8, 4) is 0 Å². The van der Waals surface area contributed by atoms with Crippen LogP contribution in [-0.2, 0) is 5.33 Å². The van der Waals surface area contributed by atoms with E-state index in [0.29, 0.717) is 5.15 Å². The molecule has 0 saturated carbocycles. The second-order valence-corrected chi connectivity index (χ2v) is 3.69. The van der Waals surface area contributed by atoms with Crippen LogP contribution in [0.3, 0.4) is 0 Å². The highest BCUT2D eigenvalue weighted by Crippen LogP contribution is 2.16. The van der Waals surface area contributed by atoms with E-state index in [1.165, 1.54) is 0 Å². The number of rotatable bonds is 4. The second kappa shape index (κ2) is 5.45. The Morgan fingerprint density at radius 1 is 1.54 bits per heavy atom. The fraction of sp³-hybridized carbons (Fsp3) is 0.444. The van der Waals surface area contributed by atoms with Gasteiger partial charge in [-0.1, -0.05) is 34.5 Å². The molecule has 0 aliphatic heterocycles. The van der Waals surface area contributed by atoms with Crippen LogP contribution in [0.4, 0.5) is 5.82 Å². The van der Waals surface area contributed by atoms with Gasteiger partial charge in [-0.2, -0.15) is 0 Å². The van der Waals surface area contributed by atoms with Crippen LogP contribution in [0.1, 0.15) is 18.9 Å². The third kappa shape index (κ3) is 3.53. The number of halogens is 2. The minimum atomic E-state index is 0.538. The molecular weight excluding hydrogens is 251 g/mol. The Morgan fingerprint density at radius 2 is 2.31 bits per heavy atom. The molecule has 72 valence electrons. The molecule has 0 aromatic carbocycles. The lowest BCUT2D eigenvalue weighted by atomic mass is 10.3. The van der Waals surface area contributed by atoms with E-state index >= 15 is 0 Å². The molecule has 1 rings (SSSR count). The highest BCUT2D eigenvalue weighted by molar-refractivity contribution is 9.08. The van der Waals surface area contributed by atoms with E-state index in [0.717, 1.165) is 29.7 Å². The Balaban J connectivity index is 2.76. The molecule has 0 fully saturated rings. The van der Waals surface area contributed by atoms with Gasteiger partial charge in [-0.3, -0.25) is 0 Å². The lowest BCUT2D eigenvalue weighted by molar-refractivity contribution is 0.968. The van der Waals surface area contributed by atoms with Gasteiger partial charge in [-0.25, -0.2) is 4.98 Å². The molecule has 2 nitrogen and oxygen atoms in total. The van der Waals surface area contributed by atoms with Crippen LogP contribution in [0.5, 0.6) is 0 Å². The number of hydrogen-bond acceptors (Lipinski definition) is 2. The largest absolute Gasteiger partial charge is 0.370 e. The topological polar surface area (TPSA) is 24.9 Å². The van der Waals surface area contributed by atoms with Crippen LogP contribution in [0.2, 0.25) is 5.15 Å². The zero-order valence-electron chi connectivity index (χ0n) is 7.48. The van der Waals surface area contributed by atoms with E-state index in [-0.39, 0.29) is 0 Å². The first kappa shape index (κ1) is 10.8. The molecule has 0 unspecified atom stereocenters. The normalized spacial score (nSPS) is 10.1. The summed E-state index contributed by atoms with van der Waals surface area (Å²) < 4.78 is 0. The fourth-order valence-corrected chi connectivity index (χ4v) is 1.53. The van der Waals surface area contributed by atoms with Crippen LogP contribution in [0.15, 0.2) is 12.1 Å². The van der Waals surface area contributed by atoms with Gasteiger partial charge in [0.05, 0.1) is 0 Å². The number of nitrogens with one attached hydrogen (secondary N) is 1. The fourth-order valence-electron chi connectivity index (χ4n) is 0.971. The van der Waals surface area contributed by atoms with Crippen molar-refractivity contribution in [1.82, 2.24) is 4.98 Å². The molecule has 0 amide bonds. The predicted molar refractivity (Wildman–Crippen MR) is 60.7 cm³/mol. The minimum Gasteiger partial charge on any atom is -0.370 e. The summed E-state index contributed by atoms with van der Waals surface area (Å²) in [5.41, 5.74) is 1.14. The lowest BCUT2D eigenvalue weighted by Crippen LogP contribution is -2.02. The maximum atomic E-state index is 5.84. The molecule has 0 aliphatic carbocycles. The van der Waals surface area contributed by atoms with Gasteiger partial charge >= 0.3 is 0 Å². The summed E-state index contributed by atoms with van der Waals surface area (Å²) in [6.45, 7) is 3.04. The number of aromatic nitrogens is 1. The molecule has 1 heterocycles. The van der Waals surface area contributed by atoms with E-state index in [2.05, 4.69) is 33.2 Å². The van der Waals surface area contributed by atoms with E-state index in [4.69, 9.17) is 11.6 Å². The molecule has 13 heavy (non-hydrogen) atoms. The summed E-state index contributed by atoms with van der Waals surface area (Å²) in [6.07, 6.45) is 1.08. The number of hydrogen-bond donors (Lipinski definition) is 1. The minimum absolute atomic E-state index is 0.538. The standard InChI is InChI=1S/C9H12BrClN2/c1-2-3-12-9-5-7(6-10)4-8(11)13-9/h4-5H,2-3,6H2,1H3,(H,12,13). The van der Waals surface area contributed by atoms with Gasteiger partial charge in [0, 0.05) is 11.9 Å². The van der Waals surface area contributed by atoms with Crippen molar-refractivity contribution in [2.24, 2.45) is 0 Å². The molecule has 1 aromatic rings. The molecule has 1 N–H and O–H groups in total. The SMILES string of the molecule is CCCNc1cc(CBr)cc(Cl)n1. The van der Waals surface area contributed by atoms with Gasteiger partial charge in [-0.15, -0.1) is 0 Å². The maximum Gasteiger partial charge on any atom is 0.131 e. The summed E-state index contributed by atoms with van der Waals surface area (Å²) >= 11 is 9.22. The van der Waals surface area contributed by atoms with Crippen molar-refractivity contribution < 1.29 is 0 Å². The Kier molecular flexibility index (Phi) is 4.53. The summed E-state index contributed by atoms with van der Waals surface area (Å²) in [5.74, 6) is 0.851. The third-order valence-electron chi connectivity index (χ3n) is 1.56. The van der Waals surface area contributed by atoms with Crippen molar-refractivity contribution in [3.05, 3.63) is 22.8 Å². The van der Waals surface area contributed by atoms with Crippen LogP contribution in [0.25, 0.3) is 0 Å².